The van der Waals surface area contributed by atoms with Crippen LogP contribution in [-0.2, 0) is 19.0 Å². The van der Waals surface area contributed by atoms with Crippen LogP contribution in [0, 0.1) is 0 Å². The Labute approximate surface area is 79.2 Å². The van der Waals surface area contributed by atoms with Crippen molar-refractivity contribution in [1.82, 2.24) is 0 Å². The fraction of sp³-hybridized carbons (Fsp3) is 0.889. The fourth-order valence-corrected chi connectivity index (χ4v) is 0.681. The van der Waals surface area contributed by atoms with Crippen molar-refractivity contribution in [3.05, 3.63) is 0 Å². The highest BCUT2D eigenvalue weighted by Gasteiger charge is 1.98. The minimum Gasteiger partial charge on any atom is -0.467 e. The molecule has 78 valence electrons. The van der Waals surface area contributed by atoms with Crippen LogP contribution < -0.4 is 0 Å². The van der Waals surface area contributed by atoms with E-state index in [1.54, 1.807) is 0 Å². The third kappa shape index (κ3) is 9.30. The quantitative estimate of drug-likeness (QED) is 0.423. The van der Waals surface area contributed by atoms with Gasteiger partial charge in [0.1, 0.15) is 6.61 Å². The van der Waals surface area contributed by atoms with Crippen molar-refractivity contribution in [1.29, 1.82) is 0 Å². The molecule has 0 bridgehead atoms. The van der Waals surface area contributed by atoms with E-state index in [0.717, 1.165) is 19.4 Å². The molecule has 0 aromatic rings. The van der Waals surface area contributed by atoms with Gasteiger partial charge in [-0.2, -0.15) is 0 Å². The van der Waals surface area contributed by atoms with E-state index in [1.807, 2.05) is 0 Å². The molecule has 0 saturated carbocycles. The van der Waals surface area contributed by atoms with Crippen LogP contribution in [0.2, 0.25) is 0 Å². The maximum Gasteiger partial charge on any atom is 0.331 e. The molecule has 0 radical (unpaired) electrons. The van der Waals surface area contributed by atoms with Crippen LogP contribution in [0.1, 0.15) is 19.8 Å². The first-order chi connectivity index (χ1) is 6.31. The lowest BCUT2D eigenvalue weighted by atomic mass is 10.4. The Hall–Kier alpha value is -0.610. The molecule has 0 aromatic carbocycles. The van der Waals surface area contributed by atoms with E-state index in [0.29, 0.717) is 13.2 Å². The summed E-state index contributed by atoms with van der Waals surface area (Å²) in [7, 11) is 1.34. The van der Waals surface area contributed by atoms with Gasteiger partial charge in [-0.25, -0.2) is 4.79 Å². The predicted molar refractivity (Wildman–Crippen MR) is 48.6 cm³/mol. The van der Waals surface area contributed by atoms with Gasteiger partial charge in [0.15, 0.2) is 0 Å². The minimum absolute atomic E-state index is 0.00758. The number of carbonyl (C=O) groups is 1. The van der Waals surface area contributed by atoms with Gasteiger partial charge in [0.2, 0.25) is 0 Å². The molecule has 4 heteroatoms. The van der Waals surface area contributed by atoms with Gasteiger partial charge in [0.05, 0.1) is 20.3 Å². The summed E-state index contributed by atoms with van der Waals surface area (Å²) in [4.78, 5) is 10.6. The average molecular weight is 190 g/mol. The average Bonchev–Trinajstić information content (AvgIpc) is 2.16. The number of carbonyl (C=O) groups excluding carboxylic acids is 1. The first-order valence-corrected chi connectivity index (χ1v) is 4.53. The summed E-state index contributed by atoms with van der Waals surface area (Å²) in [5, 5.41) is 0. The Bertz CT molecular complexity index is 125. The molecule has 0 N–H and O–H groups in total. The Morgan fingerprint density at radius 2 is 1.85 bits per heavy atom. The largest absolute Gasteiger partial charge is 0.467 e. The van der Waals surface area contributed by atoms with Crippen LogP contribution in [0.4, 0.5) is 0 Å². The topological polar surface area (TPSA) is 44.8 Å². The van der Waals surface area contributed by atoms with Gasteiger partial charge in [0, 0.05) is 6.61 Å². The third-order valence-corrected chi connectivity index (χ3v) is 1.46. The molecular formula is C9H18O4. The number of rotatable bonds is 8. The molecule has 0 fully saturated rings. The van der Waals surface area contributed by atoms with Gasteiger partial charge >= 0.3 is 5.97 Å². The van der Waals surface area contributed by atoms with Crippen LogP contribution in [0.25, 0.3) is 0 Å². The molecule has 0 unspecified atom stereocenters. The van der Waals surface area contributed by atoms with E-state index in [1.165, 1.54) is 7.11 Å². The molecule has 0 amide bonds. The zero-order valence-corrected chi connectivity index (χ0v) is 8.38. The van der Waals surface area contributed by atoms with Crippen molar-refractivity contribution in [3.63, 3.8) is 0 Å². The highest BCUT2D eigenvalue weighted by atomic mass is 16.6. The number of hydrogen-bond acceptors (Lipinski definition) is 4. The summed E-state index contributed by atoms with van der Waals surface area (Å²) in [6.45, 7) is 3.86. The van der Waals surface area contributed by atoms with Crippen molar-refractivity contribution in [2.75, 3.05) is 33.5 Å². The van der Waals surface area contributed by atoms with E-state index in [-0.39, 0.29) is 12.6 Å². The molecule has 0 aliphatic rings. The van der Waals surface area contributed by atoms with Crippen molar-refractivity contribution in [3.8, 4) is 0 Å². The van der Waals surface area contributed by atoms with Gasteiger partial charge in [-0.1, -0.05) is 13.3 Å². The molecule has 0 aromatic heterocycles. The summed E-state index contributed by atoms with van der Waals surface area (Å²) >= 11 is 0. The number of unbranched alkanes of at least 4 members (excludes halogenated alkanes) is 1. The van der Waals surface area contributed by atoms with Crippen LogP contribution in [0.3, 0.4) is 0 Å². The Morgan fingerprint density at radius 1 is 1.15 bits per heavy atom. The van der Waals surface area contributed by atoms with Gasteiger partial charge in [-0.15, -0.1) is 0 Å². The van der Waals surface area contributed by atoms with Crippen molar-refractivity contribution >= 4 is 5.97 Å². The normalized spacial score (nSPS) is 10.0. The van der Waals surface area contributed by atoms with Crippen LogP contribution in [-0.4, -0.2) is 39.5 Å². The SMILES string of the molecule is CCCCOCCOCC(=O)OC. The minimum atomic E-state index is -0.353. The van der Waals surface area contributed by atoms with Crippen LogP contribution in [0.15, 0.2) is 0 Å². The fourth-order valence-electron chi connectivity index (χ4n) is 0.681. The van der Waals surface area contributed by atoms with Gasteiger partial charge in [-0.05, 0) is 6.42 Å². The molecule has 0 saturated heterocycles. The van der Waals surface area contributed by atoms with E-state index in [9.17, 15) is 4.79 Å². The highest BCUT2D eigenvalue weighted by Crippen LogP contribution is 1.87. The van der Waals surface area contributed by atoms with Gasteiger partial charge in [-0.3, -0.25) is 0 Å². The second-order valence-corrected chi connectivity index (χ2v) is 2.59. The Kier molecular flexibility index (Phi) is 9.03. The molecule has 0 atom stereocenters. The summed E-state index contributed by atoms with van der Waals surface area (Å²) in [6, 6.07) is 0. The number of ether oxygens (including phenoxy) is 3. The Balaban J connectivity index is 2.95. The predicted octanol–water partition coefficient (Wildman–Crippen LogP) is 0.993. The maximum absolute atomic E-state index is 10.6. The van der Waals surface area contributed by atoms with Crippen molar-refractivity contribution in [2.24, 2.45) is 0 Å². The summed E-state index contributed by atoms with van der Waals surface area (Å²) in [6.07, 6.45) is 2.19. The lowest BCUT2D eigenvalue weighted by Crippen LogP contribution is -2.13. The smallest absolute Gasteiger partial charge is 0.331 e. The summed E-state index contributed by atoms with van der Waals surface area (Å²) in [5.41, 5.74) is 0. The third-order valence-electron chi connectivity index (χ3n) is 1.46. The number of methoxy groups -OCH3 is 1. The summed E-state index contributed by atoms with van der Waals surface area (Å²) < 4.78 is 14.6. The lowest BCUT2D eigenvalue weighted by molar-refractivity contribution is -0.146. The molecule has 0 aliphatic heterocycles. The number of hydrogen-bond donors (Lipinski definition) is 0. The first-order valence-electron chi connectivity index (χ1n) is 4.53. The standard InChI is InChI=1S/C9H18O4/c1-3-4-5-12-6-7-13-8-9(10)11-2/h3-8H2,1-2H3. The van der Waals surface area contributed by atoms with E-state index in [2.05, 4.69) is 11.7 Å². The van der Waals surface area contributed by atoms with E-state index >= 15 is 0 Å². The van der Waals surface area contributed by atoms with E-state index in [4.69, 9.17) is 9.47 Å². The van der Waals surface area contributed by atoms with Crippen LogP contribution >= 0.6 is 0 Å². The second-order valence-electron chi connectivity index (χ2n) is 2.59. The summed E-state index contributed by atoms with van der Waals surface area (Å²) in [5.74, 6) is -0.353. The zero-order valence-electron chi connectivity index (χ0n) is 8.38. The highest BCUT2D eigenvalue weighted by molar-refractivity contribution is 5.70. The molecule has 0 heterocycles. The van der Waals surface area contributed by atoms with Crippen LogP contribution in [0.5, 0.6) is 0 Å². The Morgan fingerprint density at radius 3 is 2.46 bits per heavy atom. The molecule has 0 rings (SSSR count). The second kappa shape index (κ2) is 9.48. The molecule has 0 aliphatic carbocycles. The lowest BCUT2D eigenvalue weighted by Gasteiger charge is -2.03. The van der Waals surface area contributed by atoms with Gasteiger partial charge < -0.3 is 14.2 Å². The molecule has 4 nitrogen and oxygen atoms in total. The van der Waals surface area contributed by atoms with Crippen molar-refractivity contribution in [2.45, 2.75) is 19.8 Å². The first kappa shape index (κ1) is 12.4. The van der Waals surface area contributed by atoms with E-state index < -0.39 is 0 Å². The molecule has 13 heavy (non-hydrogen) atoms. The maximum atomic E-state index is 10.6. The monoisotopic (exact) mass is 190 g/mol. The zero-order chi connectivity index (χ0) is 9.94. The number of esters is 1. The van der Waals surface area contributed by atoms with Gasteiger partial charge in [0.25, 0.3) is 0 Å². The molecule has 0 spiro atoms. The molecular weight excluding hydrogens is 172 g/mol. The van der Waals surface area contributed by atoms with Crippen molar-refractivity contribution < 1.29 is 19.0 Å².